The fourth-order valence-electron chi connectivity index (χ4n) is 1.04. The molecule has 0 aromatic heterocycles. The lowest BCUT2D eigenvalue weighted by atomic mass is 10.1. The van der Waals surface area contributed by atoms with Gasteiger partial charge in [-0.2, -0.15) is 0 Å². The van der Waals surface area contributed by atoms with Gasteiger partial charge in [0.15, 0.2) is 11.6 Å². The van der Waals surface area contributed by atoms with E-state index in [4.69, 9.17) is 0 Å². The average molecular weight is 187 g/mol. The Balaban J connectivity index is 2.88. The molecule has 0 saturated heterocycles. The zero-order chi connectivity index (χ0) is 9.84. The summed E-state index contributed by atoms with van der Waals surface area (Å²) in [5, 5.41) is 12.1. The van der Waals surface area contributed by atoms with E-state index in [1.54, 1.807) is 7.05 Å². The van der Waals surface area contributed by atoms with E-state index < -0.39 is 11.6 Å². The van der Waals surface area contributed by atoms with Crippen LogP contribution in [0.5, 0.6) is 5.75 Å². The molecule has 0 radical (unpaired) electrons. The molecule has 0 spiro atoms. The third kappa shape index (κ3) is 2.39. The van der Waals surface area contributed by atoms with Gasteiger partial charge in [0.2, 0.25) is 0 Å². The predicted octanol–water partition coefficient (Wildman–Crippen LogP) is 1.43. The molecule has 0 aliphatic carbocycles. The third-order valence-corrected chi connectivity index (χ3v) is 1.77. The number of aromatic hydroxyl groups is 1. The van der Waals surface area contributed by atoms with Gasteiger partial charge in [0.1, 0.15) is 5.75 Å². The molecule has 0 atom stereocenters. The van der Waals surface area contributed by atoms with E-state index in [1.807, 2.05) is 0 Å². The van der Waals surface area contributed by atoms with Crippen molar-refractivity contribution >= 4 is 0 Å². The maximum atomic E-state index is 12.7. The molecule has 0 unspecified atom stereocenters. The summed E-state index contributed by atoms with van der Waals surface area (Å²) >= 11 is 0. The lowest BCUT2D eigenvalue weighted by Gasteiger charge is -2.04. The van der Waals surface area contributed by atoms with Crippen molar-refractivity contribution in [1.29, 1.82) is 0 Å². The molecule has 0 aliphatic heterocycles. The maximum Gasteiger partial charge on any atom is 0.162 e. The summed E-state index contributed by atoms with van der Waals surface area (Å²) < 4.78 is 25.2. The quantitative estimate of drug-likeness (QED) is 0.750. The number of halogens is 2. The Labute approximate surface area is 75.2 Å². The summed E-state index contributed by atoms with van der Waals surface area (Å²) in [5.41, 5.74) is 0.410. The van der Waals surface area contributed by atoms with Crippen molar-refractivity contribution in [3.63, 3.8) is 0 Å². The molecule has 0 bridgehead atoms. The van der Waals surface area contributed by atoms with Crippen LogP contribution in [-0.2, 0) is 6.42 Å². The molecule has 72 valence electrons. The van der Waals surface area contributed by atoms with Crippen molar-refractivity contribution in [2.24, 2.45) is 0 Å². The highest BCUT2D eigenvalue weighted by molar-refractivity contribution is 5.33. The lowest BCUT2D eigenvalue weighted by Crippen LogP contribution is -2.10. The Hall–Kier alpha value is -1.16. The van der Waals surface area contributed by atoms with Crippen LogP contribution in [0.25, 0.3) is 0 Å². The smallest absolute Gasteiger partial charge is 0.162 e. The molecule has 0 heterocycles. The molecule has 1 aromatic carbocycles. The number of nitrogens with one attached hydrogen (secondary N) is 1. The van der Waals surface area contributed by atoms with Crippen molar-refractivity contribution < 1.29 is 13.9 Å². The van der Waals surface area contributed by atoms with Crippen molar-refractivity contribution in [3.8, 4) is 5.75 Å². The summed E-state index contributed by atoms with van der Waals surface area (Å²) in [6, 6.07) is 1.81. The molecular weight excluding hydrogens is 176 g/mol. The third-order valence-electron chi connectivity index (χ3n) is 1.77. The number of benzene rings is 1. The van der Waals surface area contributed by atoms with E-state index in [0.717, 1.165) is 12.1 Å². The van der Waals surface area contributed by atoms with Crippen molar-refractivity contribution in [3.05, 3.63) is 29.3 Å². The normalized spacial score (nSPS) is 10.4. The van der Waals surface area contributed by atoms with E-state index in [2.05, 4.69) is 5.32 Å². The summed E-state index contributed by atoms with van der Waals surface area (Å²) in [4.78, 5) is 0. The fraction of sp³-hybridized carbons (Fsp3) is 0.333. The summed E-state index contributed by atoms with van der Waals surface area (Å²) in [6.45, 7) is 0.610. The molecule has 1 aromatic rings. The number of rotatable bonds is 3. The largest absolute Gasteiger partial charge is 0.508 e. The number of hydrogen-bond donors (Lipinski definition) is 2. The Morgan fingerprint density at radius 3 is 2.54 bits per heavy atom. The second kappa shape index (κ2) is 4.18. The van der Waals surface area contributed by atoms with Crippen LogP contribution in [0, 0.1) is 11.6 Å². The van der Waals surface area contributed by atoms with Crippen LogP contribution in [-0.4, -0.2) is 18.7 Å². The van der Waals surface area contributed by atoms with Crippen molar-refractivity contribution in [2.45, 2.75) is 6.42 Å². The zero-order valence-corrected chi connectivity index (χ0v) is 7.27. The Morgan fingerprint density at radius 2 is 1.92 bits per heavy atom. The van der Waals surface area contributed by atoms with Gasteiger partial charge >= 0.3 is 0 Å². The SMILES string of the molecule is CNCCc1cc(F)c(F)cc1O. The number of hydrogen-bond acceptors (Lipinski definition) is 2. The minimum atomic E-state index is -1.02. The van der Waals surface area contributed by atoms with Crippen LogP contribution in [0.4, 0.5) is 8.78 Å². The minimum Gasteiger partial charge on any atom is -0.508 e. The molecule has 13 heavy (non-hydrogen) atoms. The van der Waals surface area contributed by atoms with Gasteiger partial charge in [-0.1, -0.05) is 0 Å². The zero-order valence-electron chi connectivity index (χ0n) is 7.27. The van der Waals surface area contributed by atoms with Crippen molar-refractivity contribution in [1.82, 2.24) is 5.32 Å². The van der Waals surface area contributed by atoms with Gasteiger partial charge in [-0.15, -0.1) is 0 Å². The number of phenols is 1. The van der Waals surface area contributed by atoms with Crippen LogP contribution in [0.15, 0.2) is 12.1 Å². The first kappa shape index (κ1) is 9.92. The molecule has 2 nitrogen and oxygen atoms in total. The first-order chi connectivity index (χ1) is 6.15. The number of phenolic OH excluding ortho intramolecular Hbond substituents is 1. The minimum absolute atomic E-state index is 0.200. The second-order valence-corrected chi connectivity index (χ2v) is 2.75. The topological polar surface area (TPSA) is 32.3 Å². The van der Waals surface area contributed by atoms with Crippen LogP contribution in [0.1, 0.15) is 5.56 Å². The molecule has 0 amide bonds. The Morgan fingerprint density at radius 1 is 1.31 bits per heavy atom. The van der Waals surface area contributed by atoms with Crippen LogP contribution in [0.3, 0.4) is 0 Å². The molecule has 0 fully saturated rings. The molecule has 0 aliphatic rings. The van der Waals surface area contributed by atoms with Crippen molar-refractivity contribution in [2.75, 3.05) is 13.6 Å². The Bertz CT molecular complexity index is 302. The Kier molecular flexibility index (Phi) is 3.19. The summed E-state index contributed by atoms with van der Waals surface area (Å²) in [5.74, 6) is -2.15. The van der Waals surface area contributed by atoms with Gasteiger partial charge < -0.3 is 10.4 Å². The van der Waals surface area contributed by atoms with E-state index in [1.165, 1.54) is 0 Å². The van der Waals surface area contributed by atoms with Gasteiger partial charge in [0, 0.05) is 6.07 Å². The first-order valence-electron chi connectivity index (χ1n) is 3.96. The monoisotopic (exact) mass is 187 g/mol. The molecule has 0 saturated carbocycles. The summed E-state index contributed by atoms with van der Waals surface area (Å²) in [6.07, 6.45) is 0.472. The highest BCUT2D eigenvalue weighted by Crippen LogP contribution is 2.20. The van der Waals surface area contributed by atoms with Gasteiger partial charge in [-0.3, -0.25) is 0 Å². The predicted molar refractivity (Wildman–Crippen MR) is 45.7 cm³/mol. The molecular formula is C9H11F2NO. The molecule has 1 rings (SSSR count). The first-order valence-corrected chi connectivity index (χ1v) is 3.96. The summed E-state index contributed by atoms with van der Waals surface area (Å²) in [7, 11) is 1.75. The molecule has 4 heteroatoms. The maximum absolute atomic E-state index is 12.7. The van der Waals surface area contributed by atoms with E-state index >= 15 is 0 Å². The lowest BCUT2D eigenvalue weighted by molar-refractivity contribution is 0.447. The average Bonchev–Trinajstić information content (AvgIpc) is 2.09. The van der Waals surface area contributed by atoms with E-state index in [-0.39, 0.29) is 5.75 Å². The second-order valence-electron chi connectivity index (χ2n) is 2.75. The fourth-order valence-corrected chi connectivity index (χ4v) is 1.04. The number of likely N-dealkylation sites (N-methyl/N-ethyl adjacent to an activating group) is 1. The van der Waals surface area contributed by atoms with Gasteiger partial charge in [0.25, 0.3) is 0 Å². The standard InChI is InChI=1S/C9H11F2NO/c1-12-3-2-6-4-7(10)8(11)5-9(6)13/h4-5,12-13H,2-3H2,1H3. The highest BCUT2D eigenvalue weighted by Gasteiger charge is 2.07. The van der Waals surface area contributed by atoms with Crippen LogP contribution >= 0.6 is 0 Å². The van der Waals surface area contributed by atoms with E-state index in [0.29, 0.717) is 18.5 Å². The van der Waals surface area contributed by atoms with Gasteiger partial charge in [-0.05, 0) is 31.6 Å². The van der Waals surface area contributed by atoms with Crippen LogP contribution < -0.4 is 5.32 Å². The van der Waals surface area contributed by atoms with Crippen LogP contribution in [0.2, 0.25) is 0 Å². The highest BCUT2D eigenvalue weighted by atomic mass is 19.2. The molecule has 2 N–H and O–H groups in total. The van der Waals surface area contributed by atoms with E-state index in [9.17, 15) is 13.9 Å². The van der Waals surface area contributed by atoms with Gasteiger partial charge in [-0.25, -0.2) is 8.78 Å². The van der Waals surface area contributed by atoms with Gasteiger partial charge in [0.05, 0.1) is 0 Å².